The maximum atomic E-state index is 10.8. The Morgan fingerprint density at radius 1 is 1.75 bits per heavy atom. The van der Waals surface area contributed by atoms with E-state index in [1.54, 1.807) is 7.05 Å². The van der Waals surface area contributed by atoms with Crippen LogP contribution in [0.5, 0.6) is 0 Å². The molecule has 1 rings (SSSR count). The average Bonchev–Trinajstić information content (AvgIpc) is 2.47. The number of nitrogens with one attached hydrogen (secondary N) is 2. The molecular formula is C7H10N2O3. The molecule has 0 aliphatic heterocycles. The SMILES string of the molecule is CNC(=O)CCc1cc(=O)[nH]o1. The average molecular weight is 170 g/mol. The van der Waals surface area contributed by atoms with Gasteiger partial charge in [-0.3, -0.25) is 9.59 Å². The maximum absolute atomic E-state index is 10.8. The van der Waals surface area contributed by atoms with E-state index in [0.717, 1.165) is 0 Å². The number of carbonyl (C=O) groups excluding carboxylic acids is 1. The van der Waals surface area contributed by atoms with Crippen molar-refractivity contribution in [2.75, 3.05) is 7.05 Å². The molecule has 0 spiro atoms. The third-order valence-electron chi connectivity index (χ3n) is 1.45. The van der Waals surface area contributed by atoms with Crippen LogP contribution in [0.1, 0.15) is 12.2 Å². The lowest BCUT2D eigenvalue weighted by molar-refractivity contribution is -0.120. The van der Waals surface area contributed by atoms with Gasteiger partial charge in [0.05, 0.1) is 0 Å². The second-order valence-electron chi connectivity index (χ2n) is 2.35. The molecule has 0 aliphatic rings. The van der Waals surface area contributed by atoms with Crippen LogP contribution >= 0.6 is 0 Å². The fourth-order valence-electron chi connectivity index (χ4n) is 0.806. The first-order valence-electron chi connectivity index (χ1n) is 3.60. The summed E-state index contributed by atoms with van der Waals surface area (Å²) in [5.74, 6) is 0.433. The summed E-state index contributed by atoms with van der Waals surface area (Å²) in [6.07, 6.45) is 0.774. The lowest BCUT2D eigenvalue weighted by atomic mass is 10.2. The van der Waals surface area contributed by atoms with Gasteiger partial charge >= 0.3 is 0 Å². The molecule has 1 amide bonds. The van der Waals surface area contributed by atoms with Crippen molar-refractivity contribution in [3.63, 3.8) is 0 Å². The van der Waals surface area contributed by atoms with Crippen LogP contribution in [0.15, 0.2) is 15.4 Å². The highest BCUT2D eigenvalue weighted by atomic mass is 16.5. The molecule has 0 atom stereocenters. The van der Waals surface area contributed by atoms with Crippen LogP contribution in [0.2, 0.25) is 0 Å². The molecule has 0 bridgehead atoms. The van der Waals surface area contributed by atoms with Crippen molar-refractivity contribution in [3.05, 3.63) is 22.2 Å². The summed E-state index contributed by atoms with van der Waals surface area (Å²) in [7, 11) is 1.57. The van der Waals surface area contributed by atoms with Crippen molar-refractivity contribution in [2.45, 2.75) is 12.8 Å². The van der Waals surface area contributed by atoms with Crippen LogP contribution in [0.25, 0.3) is 0 Å². The van der Waals surface area contributed by atoms with Crippen molar-refractivity contribution in [2.24, 2.45) is 0 Å². The molecule has 0 radical (unpaired) electrons. The second-order valence-corrected chi connectivity index (χ2v) is 2.35. The Hall–Kier alpha value is -1.52. The topological polar surface area (TPSA) is 75.1 Å². The molecule has 0 unspecified atom stereocenters. The minimum Gasteiger partial charge on any atom is -0.384 e. The fourth-order valence-corrected chi connectivity index (χ4v) is 0.806. The lowest BCUT2D eigenvalue weighted by Gasteiger charge is -1.94. The van der Waals surface area contributed by atoms with E-state index in [0.29, 0.717) is 18.6 Å². The predicted molar refractivity (Wildman–Crippen MR) is 41.7 cm³/mol. The zero-order chi connectivity index (χ0) is 8.97. The maximum Gasteiger partial charge on any atom is 0.280 e. The normalized spacial score (nSPS) is 9.75. The van der Waals surface area contributed by atoms with Crippen molar-refractivity contribution < 1.29 is 9.32 Å². The van der Waals surface area contributed by atoms with Gasteiger partial charge in [-0.1, -0.05) is 0 Å². The van der Waals surface area contributed by atoms with Crippen molar-refractivity contribution in [3.8, 4) is 0 Å². The number of rotatable bonds is 3. The van der Waals surface area contributed by atoms with Crippen LogP contribution in [0, 0.1) is 0 Å². The van der Waals surface area contributed by atoms with Crippen LogP contribution in [-0.4, -0.2) is 18.1 Å². The lowest BCUT2D eigenvalue weighted by Crippen LogP contribution is -2.17. The highest BCUT2D eigenvalue weighted by Crippen LogP contribution is 1.97. The summed E-state index contributed by atoms with van der Waals surface area (Å²) < 4.78 is 4.74. The molecule has 5 nitrogen and oxygen atoms in total. The van der Waals surface area contributed by atoms with E-state index in [-0.39, 0.29) is 11.5 Å². The Labute approximate surface area is 68.7 Å². The van der Waals surface area contributed by atoms with Crippen LogP contribution < -0.4 is 10.9 Å². The Balaban J connectivity index is 2.43. The zero-order valence-corrected chi connectivity index (χ0v) is 6.72. The predicted octanol–water partition coefficient (Wildman–Crippen LogP) is -0.353. The van der Waals surface area contributed by atoms with Crippen molar-refractivity contribution in [1.29, 1.82) is 0 Å². The van der Waals surface area contributed by atoms with Gasteiger partial charge < -0.3 is 9.84 Å². The van der Waals surface area contributed by atoms with Crippen LogP contribution in [0.4, 0.5) is 0 Å². The van der Waals surface area contributed by atoms with E-state index in [1.807, 2.05) is 0 Å². The fraction of sp³-hybridized carbons (Fsp3) is 0.429. The van der Waals surface area contributed by atoms with Gasteiger partial charge in [0.15, 0.2) is 0 Å². The number of amides is 1. The molecule has 2 N–H and O–H groups in total. The second kappa shape index (κ2) is 3.75. The summed E-state index contributed by atoms with van der Waals surface area (Å²) in [6.45, 7) is 0. The summed E-state index contributed by atoms with van der Waals surface area (Å²) in [5.41, 5.74) is -0.276. The highest BCUT2D eigenvalue weighted by molar-refractivity contribution is 5.75. The standard InChI is InChI=1S/C7H10N2O3/c1-8-6(10)3-2-5-4-7(11)9-12-5/h4H,2-3H2,1H3,(H,8,10)(H,9,11). The van der Waals surface area contributed by atoms with Gasteiger partial charge in [0.25, 0.3) is 5.56 Å². The van der Waals surface area contributed by atoms with E-state index in [4.69, 9.17) is 4.52 Å². The first-order chi connectivity index (χ1) is 5.72. The number of hydrogen-bond donors (Lipinski definition) is 2. The number of hydrogen-bond acceptors (Lipinski definition) is 3. The third-order valence-corrected chi connectivity index (χ3v) is 1.45. The molecule has 1 heterocycles. The molecule has 1 aromatic heterocycles. The minimum atomic E-state index is -0.276. The van der Waals surface area contributed by atoms with Gasteiger partial charge in [-0.05, 0) is 0 Å². The van der Waals surface area contributed by atoms with Gasteiger partial charge in [0.1, 0.15) is 5.76 Å². The minimum absolute atomic E-state index is 0.0705. The Bertz CT molecular complexity index is 312. The van der Waals surface area contributed by atoms with Gasteiger partial charge in [-0.15, -0.1) is 0 Å². The van der Waals surface area contributed by atoms with E-state index in [1.165, 1.54) is 6.07 Å². The van der Waals surface area contributed by atoms with Crippen LogP contribution in [-0.2, 0) is 11.2 Å². The number of H-pyrrole nitrogens is 1. The Morgan fingerprint density at radius 2 is 2.50 bits per heavy atom. The number of aromatic amines is 1. The van der Waals surface area contributed by atoms with Gasteiger partial charge in [0.2, 0.25) is 5.91 Å². The first kappa shape index (κ1) is 8.58. The molecule has 66 valence electrons. The monoisotopic (exact) mass is 170 g/mol. The summed E-state index contributed by atoms with van der Waals surface area (Å²) in [5, 5.41) is 4.62. The number of carbonyl (C=O) groups is 1. The highest BCUT2D eigenvalue weighted by Gasteiger charge is 2.02. The van der Waals surface area contributed by atoms with Crippen molar-refractivity contribution in [1.82, 2.24) is 10.5 Å². The van der Waals surface area contributed by atoms with E-state index >= 15 is 0 Å². The van der Waals surface area contributed by atoms with E-state index in [9.17, 15) is 9.59 Å². The van der Waals surface area contributed by atoms with Gasteiger partial charge in [-0.25, -0.2) is 0 Å². The molecule has 5 heteroatoms. The van der Waals surface area contributed by atoms with Crippen LogP contribution in [0.3, 0.4) is 0 Å². The molecule has 12 heavy (non-hydrogen) atoms. The molecular weight excluding hydrogens is 160 g/mol. The zero-order valence-electron chi connectivity index (χ0n) is 6.72. The van der Waals surface area contributed by atoms with Gasteiger partial charge in [-0.2, -0.15) is 5.16 Å². The quantitative estimate of drug-likeness (QED) is 0.650. The number of aromatic nitrogens is 1. The molecule has 0 aliphatic carbocycles. The smallest absolute Gasteiger partial charge is 0.280 e. The Kier molecular flexibility index (Phi) is 2.68. The largest absolute Gasteiger partial charge is 0.384 e. The molecule has 0 aromatic carbocycles. The first-order valence-corrected chi connectivity index (χ1v) is 3.60. The molecule has 0 saturated heterocycles. The van der Waals surface area contributed by atoms with Crippen molar-refractivity contribution >= 4 is 5.91 Å². The molecule has 0 saturated carbocycles. The van der Waals surface area contributed by atoms with E-state index in [2.05, 4.69) is 10.5 Å². The van der Waals surface area contributed by atoms with E-state index < -0.39 is 0 Å². The Morgan fingerprint density at radius 3 is 3.00 bits per heavy atom. The van der Waals surface area contributed by atoms with Gasteiger partial charge in [0, 0.05) is 26.0 Å². The molecule has 1 aromatic rings. The third kappa shape index (κ3) is 2.26. The summed E-state index contributed by atoms with van der Waals surface area (Å²) in [6, 6.07) is 1.34. The molecule has 0 fully saturated rings. The number of aryl methyl sites for hydroxylation is 1. The summed E-state index contributed by atoms with van der Waals surface area (Å²) >= 11 is 0. The summed E-state index contributed by atoms with van der Waals surface area (Å²) in [4.78, 5) is 21.3.